The molecule has 12 heavy (non-hydrogen) atoms. The van der Waals surface area contributed by atoms with Gasteiger partial charge < -0.3 is 10.8 Å². The number of aliphatic hydroxyl groups excluding tert-OH is 1. The third-order valence-electron chi connectivity index (χ3n) is 2.56. The summed E-state index contributed by atoms with van der Waals surface area (Å²) in [4.78, 5) is 2.35. The lowest BCUT2D eigenvalue weighted by atomic mass is 9.86. The lowest BCUT2D eigenvalue weighted by Crippen LogP contribution is -2.51. The van der Waals surface area contributed by atoms with Crippen LogP contribution in [-0.2, 0) is 0 Å². The molecule has 0 bridgehead atoms. The molecule has 0 amide bonds. The summed E-state index contributed by atoms with van der Waals surface area (Å²) >= 11 is 0. The van der Waals surface area contributed by atoms with Crippen molar-refractivity contribution >= 4 is 0 Å². The van der Waals surface area contributed by atoms with Crippen molar-refractivity contribution in [1.29, 1.82) is 0 Å². The van der Waals surface area contributed by atoms with E-state index in [1.54, 1.807) is 0 Å². The minimum absolute atomic E-state index is 0.270. The second-order valence-corrected chi connectivity index (χ2v) is 3.64. The number of aliphatic hydroxyl groups is 1. The molecule has 3 N–H and O–H groups in total. The Morgan fingerprint density at radius 3 is 2.50 bits per heavy atom. The van der Waals surface area contributed by atoms with Gasteiger partial charge in [-0.2, -0.15) is 0 Å². The summed E-state index contributed by atoms with van der Waals surface area (Å²) in [6.07, 6.45) is 3.38. The zero-order chi connectivity index (χ0) is 8.97. The van der Waals surface area contributed by atoms with E-state index in [2.05, 4.69) is 11.8 Å². The van der Waals surface area contributed by atoms with Crippen LogP contribution in [0.15, 0.2) is 0 Å². The fourth-order valence-corrected chi connectivity index (χ4v) is 1.82. The summed E-state index contributed by atoms with van der Waals surface area (Å²) in [6, 6.07) is 1.06. The van der Waals surface area contributed by atoms with Crippen molar-refractivity contribution in [3.8, 4) is 0 Å². The first-order chi connectivity index (χ1) is 5.77. The number of hydrogen-bond donors (Lipinski definition) is 2. The number of nitrogens with two attached hydrogens (primary N) is 1. The minimum atomic E-state index is 0.270. The predicted octanol–water partition coefficient (Wildman–Crippen LogP) is 0.180. The van der Waals surface area contributed by atoms with Crippen LogP contribution in [0, 0.1) is 0 Å². The first-order valence-corrected chi connectivity index (χ1v) is 4.88. The maximum Gasteiger partial charge on any atom is 0.0558 e. The van der Waals surface area contributed by atoms with Crippen LogP contribution in [-0.4, -0.2) is 41.8 Å². The molecule has 1 fully saturated rings. The molecule has 0 heterocycles. The molecule has 0 radical (unpaired) electrons. The fraction of sp³-hybridized carbons (Fsp3) is 1.00. The Morgan fingerprint density at radius 1 is 1.42 bits per heavy atom. The van der Waals surface area contributed by atoms with Crippen molar-refractivity contribution < 1.29 is 5.11 Å². The van der Waals surface area contributed by atoms with E-state index in [-0.39, 0.29) is 6.61 Å². The van der Waals surface area contributed by atoms with Crippen LogP contribution in [0.2, 0.25) is 0 Å². The molecule has 72 valence electrons. The van der Waals surface area contributed by atoms with Crippen LogP contribution in [0.25, 0.3) is 0 Å². The van der Waals surface area contributed by atoms with Gasteiger partial charge in [-0.15, -0.1) is 0 Å². The molecule has 0 aromatic heterocycles. The van der Waals surface area contributed by atoms with E-state index in [9.17, 15) is 0 Å². The average molecular weight is 172 g/mol. The zero-order valence-corrected chi connectivity index (χ0v) is 7.87. The van der Waals surface area contributed by atoms with Crippen molar-refractivity contribution in [2.45, 2.75) is 38.3 Å². The first kappa shape index (κ1) is 9.96. The van der Waals surface area contributed by atoms with E-state index in [1.807, 2.05) is 0 Å². The topological polar surface area (TPSA) is 49.5 Å². The average Bonchev–Trinajstić information content (AvgIpc) is 1.99. The predicted molar refractivity (Wildman–Crippen MR) is 49.9 cm³/mol. The molecular weight excluding hydrogens is 152 g/mol. The van der Waals surface area contributed by atoms with Crippen LogP contribution in [0.4, 0.5) is 0 Å². The Labute approximate surface area is 74.5 Å². The zero-order valence-electron chi connectivity index (χ0n) is 7.87. The lowest BCUT2D eigenvalue weighted by Gasteiger charge is -2.41. The summed E-state index contributed by atoms with van der Waals surface area (Å²) in [5.74, 6) is 0. The van der Waals surface area contributed by atoms with Crippen LogP contribution in [0.3, 0.4) is 0 Å². The molecule has 1 aliphatic rings. The fourth-order valence-electron chi connectivity index (χ4n) is 1.82. The summed E-state index contributed by atoms with van der Waals surface area (Å²) in [7, 11) is 0. The highest BCUT2D eigenvalue weighted by Gasteiger charge is 2.30. The van der Waals surface area contributed by atoms with Gasteiger partial charge in [-0.05, 0) is 25.8 Å². The smallest absolute Gasteiger partial charge is 0.0558 e. The Kier molecular flexibility index (Phi) is 3.98. The van der Waals surface area contributed by atoms with Crippen LogP contribution < -0.4 is 5.73 Å². The molecule has 1 rings (SSSR count). The normalized spacial score (nSPS) is 29.0. The van der Waals surface area contributed by atoms with Crippen molar-refractivity contribution in [2.75, 3.05) is 19.7 Å². The van der Waals surface area contributed by atoms with Gasteiger partial charge in [0.1, 0.15) is 0 Å². The third kappa shape index (κ3) is 2.44. The molecule has 0 aromatic carbocycles. The Morgan fingerprint density at radius 2 is 2.08 bits per heavy atom. The highest BCUT2D eigenvalue weighted by molar-refractivity contribution is 4.89. The van der Waals surface area contributed by atoms with Gasteiger partial charge >= 0.3 is 0 Å². The maximum absolute atomic E-state index is 8.82. The lowest BCUT2D eigenvalue weighted by molar-refractivity contribution is 0.0887. The third-order valence-corrected chi connectivity index (χ3v) is 2.56. The summed E-state index contributed by atoms with van der Waals surface area (Å²) < 4.78 is 0. The summed E-state index contributed by atoms with van der Waals surface area (Å²) in [5.41, 5.74) is 5.71. The number of rotatable bonds is 5. The molecule has 1 aliphatic carbocycles. The largest absolute Gasteiger partial charge is 0.395 e. The van der Waals surface area contributed by atoms with E-state index < -0.39 is 0 Å². The van der Waals surface area contributed by atoms with E-state index in [0.717, 1.165) is 32.4 Å². The Balaban J connectivity index is 2.22. The van der Waals surface area contributed by atoms with Gasteiger partial charge in [0.05, 0.1) is 6.61 Å². The highest BCUT2D eigenvalue weighted by Crippen LogP contribution is 2.23. The van der Waals surface area contributed by atoms with Gasteiger partial charge in [0.25, 0.3) is 0 Å². The molecule has 0 saturated heterocycles. The Bertz CT molecular complexity index is 118. The molecule has 0 spiro atoms. The summed E-state index contributed by atoms with van der Waals surface area (Å²) in [6.45, 7) is 4.35. The molecule has 1 saturated carbocycles. The van der Waals surface area contributed by atoms with Crippen LogP contribution in [0.5, 0.6) is 0 Å². The van der Waals surface area contributed by atoms with E-state index in [0.29, 0.717) is 12.1 Å². The number of hydrogen-bond acceptors (Lipinski definition) is 3. The van der Waals surface area contributed by atoms with Crippen LogP contribution in [0.1, 0.15) is 26.2 Å². The molecule has 0 aliphatic heterocycles. The van der Waals surface area contributed by atoms with Crippen molar-refractivity contribution in [2.24, 2.45) is 5.73 Å². The molecular formula is C9H20N2O. The minimum Gasteiger partial charge on any atom is -0.395 e. The Hall–Kier alpha value is -0.120. The second kappa shape index (κ2) is 4.80. The highest BCUT2D eigenvalue weighted by atomic mass is 16.3. The quantitative estimate of drug-likeness (QED) is 0.622. The van der Waals surface area contributed by atoms with Crippen molar-refractivity contribution in [3.63, 3.8) is 0 Å². The van der Waals surface area contributed by atoms with E-state index in [4.69, 9.17) is 10.8 Å². The molecule has 0 aromatic rings. The van der Waals surface area contributed by atoms with Gasteiger partial charge in [0, 0.05) is 18.6 Å². The second-order valence-electron chi connectivity index (χ2n) is 3.64. The monoisotopic (exact) mass is 172 g/mol. The SMILES string of the molecule is CCCN(CCO)C1CC(N)C1. The standard InChI is InChI=1S/C9H20N2O/c1-2-3-11(4-5-12)9-6-8(10)7-9/h8-9,12H,2-7,10H2,1H3. The first-order valence-electron chi connectivity index (χ1n) is 4.88. The van der Waals surface area contributed by atoms with Gasteiger partial charge in [-0.3, -0.25) is 4.90 Å². The maximum atomic E-state index is 8.82. The molecule has 0 atom stereocenters. The van der Waals surface area contributed by atoms with Gasteiger partial charge in [0.15, 0.2) is 0 Å². The molecule has 3 heteroatoms. The van der Waals surface area contributed by atoms with Gasteiger partial charge in [-0.1, -0.05) is 6.92 Å². The molecule has 3 nitrogen and oxygen atoms in total. The van der Waals surface area contributed by atoms with E-state index in [1.165, 1.54) is 0 Å². The van der Waals surface area contributed by atoms with Crippen molar-refractivity contribution in [1.82, 2.24) is 4.90 Å². The van der Waals surface area contributed by atoms with E-state index >= 15 is 0 Å². The number of nitrogens with zero attached hydrogens (tertiary/aromatic N) is 1. The van der Waals surface area contributed by atoms with Crippen molar-refractivity contribution in [3.05, 3.63) is 0 Å². The molecule has 0 unspecified atom stereocenters. The van der Waals surface area contributed by atoms with Gasteiger partial charge in [-0.25, -0.2) is 0 Å². The van der Waals surface area contributed by atoms with Gasteiger partial charge in [0.2, 0.25) is 0 Å². The summed E-state index contributed by atoms with van der Waals surface area (Å²) in [5, 5.41) is 8.82. The van der Waals surface area contributed by atoms with Crippen LogP contribution >= 0.6 is 0 Å².